The van der Waals surface area contributed by atoms with Crippen LogP contribution in [0.4, 0.5) is 0 Å². The highest BCUT2D eigenvalue weighted by Crippen LogP contribution is 2.33. The molecule has 1 fully saturated rings. The molecule has 0 bridgehead atoms. The molecule has 26 heavy (non-hydrogen) atoms. The fourth-order valence-electron chi connectivity index (χ4n) is 3.13. The molecule has 2 heterocycles. The lowest BCUT2D eigenvalue weighted by atomic mass is 10.1. The Labute approximate surface area is 154 Å². The van der Waals surface area contributed by atoms with Gasteiger partial charge in [-0.1, -0.05) is 12.1 Å². The Kier molecular flexibility index (Phi) is 5.69. The molecule has 9 heteroatoms. The highest BCUT2D eigenvalue weighted by atomic mass is 32.2. The van der Waals surface area contributed by atoms with Crippen molar-refractivity contribution >= 4 is 15.9 Å². The minimum Gasteiger partial charge on any atom is -0.482 e. The van der Waals surface area contributed by atoms with E-state index in [1.807, 2.05) is 25.1 Å². The first-order valence-electron chi connectivity index (χ1n) is 8.72. The summed E-state index contributed by atoms with van der Waals surface area (Å²) in [5.74, 6) is 1.01. The van der Waals surface area contributed by atoms with Crippen molar-refractivity contribution in [3.8, 4) is 11.5 Å². The summed E-state index contributed by atoms with van der Waals surface area (Å²) in [5.41, 5.74) is 0. The molecule has 1 N–H and O–H groups in total. The number of para-hydroxylation sites is 2. The van der Waals surface area contributed by atoms with E-state index in [2.05, 4.69) is 10.2 Å². The number of fused-ring (bicyclic) bond motifs is 1. The smallest absolute Gasteiger partial charge is 0.265 e. The van der Waals surface area contributed by atoms with Gasteiger partial charge in [0.05, 0.1) is 6.26 Å². The van der Waals surface area contributed by atoms with Crippen LogP contribution in [-0.4, -0.2) is 81.3 Å². The van der Waals surface area contributed by atoms with E-state index in [1.165, 1.54) is 10.6 Å². The summed E-state index contributed by atoms with van der Waals surface area (Å²) in [5, 5.41) is 2.88. The zero-order chi connectivity index (χ0) is 18.7. The van der Waals surface area contributed by atoms with Crippen molar-refractivity contribution in [2.45, 2.75) is 19.1 Å². The molecule has 144 valence electrons. The molecule has 2 aliphatic heterocycles. The molecular formula is C17H25N3O5S. The SMILES string of the molecule is CC1Oc2ccccc2OC1C(=O)NCCN1CCN(S(C)(=O)=O)CC1. The van der Waals surface area contributed by atoms with E-state index in [1.54, 1.807) is 6.07 Å². The third kappa shape index (κ3) is 4.46. The third-order valence-electron chi connectivity index (χ3n) is 4.63. The number of piperazine rings is 1. The Hall–Kier alpha value is -1.84. The highest BCUT2D eigenvalue weighted by Gasteiger charge is 2.34. The zero-order valence-electron chi connectivity index (χ0n) is 15.1. The lowest BCUT2D eigenvalue weighted by Gasteiger charge is -2.33. The third-order valence-corrected chi connectivity index (χ3v) is 5.93. The largest absolute Gasteiger partial charge is 0.482 e. The van der Waals surface area contributed by atoms with Crippen molar-refractivity contribution in [1.29, 1.82) is 0 Å². The Morgan fingerprint density at radius 2 is 1.77 bits per heavy atom. The van der Waals surface area contributed by atoms with E-state index >= 15 is 0 Å². The molecule has 0 radical (unpaired) electrons. The molecule has 8 nitrogen and oxygen atoms in total. The van der Waals surface area contributed by atoms with Crippen molar-refractivity contribution in [2.24, 2.45) is 0 Å². The van der Waals surface area contributed by atoms with Gasteiger partial charge in [-0.15, -0.1) is 0 Å². The number of rotatable bonds is 5. The van der Waals surface area contributed by atoms with Gasteiger partial charge in [-0.05, 0) is 19.1 Å². The normalized spacial score (nSPS) is 24.2. The van der Waals surface area contributed by atoms with Crippen LogP contribution in [-0.2, 0) is 14.8 Å². The number of carbonyl (C=O) groups is 1. The van der Waals surface area contributed by atoms with Gasteiger partial charge < -0.3 is 14.8 Å². The van der Waals surface area contributed by atoms with Gasteiger partial charge >= 0.3 is 0 Å². The van der Waals surface area contributed by atoms with Crippen molar-refractivity contribution in [3.05, 3.63) is 24.3 Å². The second-order valence-electron chi connectivity index (χ2n) is 6.60. The summed E-state index contributed by atoms with van der Waals surface area (Å²) in [6, 6.07) is 7.29. The number of nitrogens with zero attached hydrogens (tertiary/aromatic N) is 2. The first-order valence-corrected chi connectivity index (χ1v) is 10.6. The van der Waals surface area contributed by atoms with Crippen LogP contribution < -0.4 is 14.8 Å². The number of carbonyl (C=O) groups excluding carboxylic acids is 1. The maximum absolute atomic E-state index is 12.4. The number of hydrogen-bond acceptors (Lipinski definition) is 6. The van der Waals surface area contributed by atoms with Gasteiger partial charge in [0.1, 0.15) is 6.10 Å². The lowest BCUT2D eigenvalue weighted by molar-refractivity contribution is -0.133. The predicted octanol–water partition coefficient (Wildman–Crippen LogP) is -0.0917. The first kappa shape index (κ1) is 18.9. The number of amides is 1. The van der Waals surface area contributed by atoms with Crippen molar-refractivity contribution in [2.75, 3.05) is 45.5 Å². The molecule has 2 atom stereocenters. The Bertz CT molecular complexity index is 747. The van der Waals surface area contributed by atoms with Gasteiger partial charge in [0.2, 0.25) is 16.1 Å². The second-order valence-corrected chi connectivity index (χ2v) is 8.59. The number of nitrogens with one attached hydrogen (secondary N) is 1. The molecule has 0 aliphatic carbocycles. The average Bonchev–Trinajstić information content (AvgIpc) is 2.60. The fraction of sp³-hybridized carbons (Fsp3) is 0.588. The highest BCUT2D eigenvalue weighted by molar-refractivity contribution is 7.88. The maximum Gasteiger partial charge on any atom is 0.265 e. The molecule has 3 rings (SSSR count). The van der Waals surface area contributed by atoms with Crippen LogP contribution in [0.5, 0.6) is 11.5 Å². The second kappa shape index (κ2) is 7.81. The van der Waals surface area contributed by atoms with Crippen LogP contribution in [0.2, 0.25) is 0 Å². The molecule has 0 saturated carbocycles. The van der Waals surface area contributed by atoms with E-state index in [-0.39, 0.29) is 12.0 Å². The summed E-state index contributed by atoms with van der Waals surface area (Å²) < 4.78 is 36.0. The zero-order valence-corrected chi connectivity index (χ0v) is 15.9. The predicted molar refractivity (Wildman–Crippen MR) is 96.8 cm³/mol. The summed E-state index contributed by atoms with van der Waals surface area (Å²) in [7, 11) is -3.12. The van der Waals surface area contributed by atoms with Crippen LogP contribution in [0.25, 0.3) is 0 Å². The van der Waals surface area contributed by atoms with Gasteiger partial charge in [-0.3, -0.25) is 9.69 Å². The lowest BCUT2D eigenvalue weighted by Crippen LogP contribution is -2.52. The van der Waals surface area contributed by atoms with E-state index in [0.29, 0.717) is 50.8 Å². The first-order chi connectivity index (χ1) is 12.3. The molecule has 0 aromatic heterocycles. The van der Waals surface area contributed by atoms with E-state index in [0.717, 1.165) is 0 Å². The van der Waals surface area contributed by atoms with Crippen molar-refractivity contribution < 1.29 is 22.7 Å². The molecule has 1 amide bonds. The maximum atomic E-state index is 12.4. The van der Waals surface area contributed by atoms with Crippen molar-refractivity contribution in [3.63, 3.8) is 0 Å². The number of benzene rings is 1. The van der Waals surface area contributed by atoms with Gasteiger partial charge in [-0.2, -0.15) is 4.31 Å². The van der Waals surface area contributed by atoms with Crippen LogP contribution in [0.1, 0.15) is 6.92 Å². The Balaban J connectivity index is 1.44. The van der Waals surface area contributed by atoms with Crippen molar-refractivity contribution in [1.82, 2.24) is 14.5 Å². The standard InChI is InChI=1S/C17H25N3O5S/c1-13-16(25-15-6-4-3-5-14(15)24-13)17(21)18-7-8-19-9-11-20(12-10-19)26(2,22)23/h3-6,13,16H,7-12H2,1-2H3,(H,18,21). The Morgan fingerprint density at radius 3 is 2.38 bits per heavy atom. The van der Waals surface area contributed by atoms with E-state index < -0.39 is 16.1 Å². The van der Waals surface area contributed by atoms with Crippen LogP contribution >= 0.6 is 0 Å². The van der Waals surface area contributed by atoms with Crippen LogP contribution in [0.15, 0.2) is 24.3 Å². The Morgan fingerprint density at radius 1 is 1.15 bits per heavy atom. The fourth-order valence-corrected chi connectivity index (χ4v) is 3.96. The number of ether oxygens (including phenoxy) is 2. The number of hydrogen-bond donors (Lipinski definition) is 1. The quantitative estimate of drug-likeness (QED) is 0.765. The summed E-state index contributed by atoms with van der Waals surface area (Å²) >= 11 is 0. The van der Waals surface area contributed by atoms with Crippen LogP contribution in [0, 0.1) is 0 Å². The molecule has 1 aromatic carbocycles. The topological polar surface area (TPSA) is 88.2 Å². The molecule has 2 unspecified atom stereocenters. The summed E-state index contributed by atoms with van der Waals surface area (Å²) in [6.45, 7) is 5.25. The average molecular weight is 383 g/mol. The molecule has 0 spiro atoms. The molecule has 1 aromatic rings. The summed E-state index contributed by atoms with van der Waals surface area (Å²) in [6.07, 6.45) is 0.171. The molecular weight excluding hydrogens is 358 g/mol. The number of sulfonamides is 1. The molecule has 1 saturated heterocycles. The van der Waals surface area contributed by atoms with E-state index in [9.17, 15) is 13.2 Å². The monoisotopic (exact) mass is 383 g/mol. The van der Waals surface area contributed by atoms with Gasteiger partial charge in [0, 0.05) is 39.3 Å². The minimum atomic E-state index is -3.12. The van der Waals surface area contributed by atoms with Crippen LogP contribution in [0.3, 0.4) is 0 Å². The van der Waals surface area contributed by atoms with Gasteiger partial charge in [-0.25, -0.2) is 8.42 Å². The molecule has 2 aliphatic rings. The summed E-state index contributed by atoms with van der Waals surface area (Å²) in [4.78, 5) is 14.6. The minimum absolute atomic E-state index is 0.207. The van der Waals surface area contributed by atoms with Gasteiger partial charge in [0.15, 0.2) is 11.5 Å². The van der Waals surface area contributed by atoms with Gasteiger partial charge in [0.25, 0.3) is 5.91 Å². The van der Waals surface area contributed by atoms with E-state index in [4.69, 9.17) is 9.47 Å².